The molecule has 0 aliphatic carbocycles. The minimum atomic E-state index is -0.879. The van der Waals surface area contributed by atoms with Crippen LogP contribution in [0.5, 0.6) is 5.88 Å². The van der Waals surface area contributed by atoms with E-state index in [2.05, 4.69) is 20.5 Å². The van der Waals surface area contributed by atoms with Crippen LogP contribution in [-0.4, -0.2) is 26.8 Å². The van der Waals surface area contributed by atoms with Gasteiger partial charge in [-0.1, -0.05) is 29.8 Å². The number of aromatic amines is 1. The number of amides is 2. The van der Waals surface area contributed by atoms with Crippen LogP contribution in [-0.2, 0) is 4.79 Å². The number of H-pyrrole nitrogens is 1. The van der Waals surface area contributed by atoms with Gasteiger partial charge in [0.1, 0.15) is 5.70 Å². The van der Waals surface area contributed by atoms with E-state index in [-0.39, 0.29) is 23.0 Å². The number of rotatable bonds is 6. The highest BCUT2D eigenvalue weighted by Gasteiger charge is 2.17. The lowest BCUT2D eigenvalue weighted by Gasteiger charge is -2.07. The van der Waals surface area contributed by atoms with Gasteiger partial charge < -0.3 is 15.4 Å². The average Bonchev–Trinajstić information content (AvgIpc) is 3.18. The van der Waals surface area contributed by atoms with Crippen molar-refractivity contribution >= 4 is 40.2 Å². The van der Waals surface area contributed by atoms with E-state index in [0.717, 1.165) is 11.1 Å². The number of aromatic nitrogens is 1. The smallest absolute Gasteiger partial charge is 0.311 e. The molecule has 0 radical (unpaired) electrons. The molecule has 10 heteroatoms. The lowest BCUT2D eigenvalue weighted by atomic mass is 10.1. The molecule has 0 fully saturated rings. The number of hydrogen-bond donors (Lipinski definition) is 3. The molecule has 0 aliphatic rings. The number of carbonyl (C=O) groups excluding carboxylic acids is 2. The Bertz CT molecular complexity index is 1540. The summed E-state index contributed by atoms with van der Waals surface area (Å²) in [7, 11) is 0. The third-order valence-electron chi connectivity index (χ3n) is 5.37. The summed E-state index contributed by atoms with van der Waals surface area (Å²) in [5.74, 6) is -1.67. The van der Waals surface area contributed by atoms with Crippen molar-refractivity contribution in [2.24, 2.45) is 10.2 Å². The Kier molecular flexibility index (Phi) is 6.68. The number of fused-ring (bicyclic) bond motifs is 1. The zero-order valence-corrected chi connectivity index (χ0v) is 19.4. The number of carbonyl (C=O) groups is 2. The number of nitrogens with zero attached hydrogens (tertiary/aromatic N) is 3. The largest absolute Gasteiger partial charge is 0.493 e. The summed E-state index contributed by atoms with van der Waals surface area (Å²) in [5, 5.41) is 32.1. The Morgan fingerprint density at radius 3 is 2.42 bits per heavy atom. The number of hydrogen-bond acceptors (Lipinski definition) is 6. The third-order valence-corrected chi connectivity index (χ3v) is 5.37. The van der Waals surface area contributed by atoms with Crippen LogP contribution >= 0.6 is 0 Å². The summed E-state index contributed by atoms with van der Waals surface area (Å²) in [6, 6.07) is 17.5. The first kappa shape index (κ1) is 24.0. The van der Waals surface area contributed by atoms with Gasteiger partial charge in [-0.15, -0.1) is 10.2 Å². The molecule has 3 aromatic carbocycles. The summed E-state index contributed by atoms with van der Waals surface area (Å²) in [6.07, 6.45) is 1.34. The number of nitro benzene ring substituents is 1. The van der Waals surface area contributed by atoms with Crippen LogP contribution in [0.1, 0.15) is 27.0 Å². The van der Waals surface area contributed by atoms with Gasteiger partial charge in [0, 0.05) is 23.1 Å². The third kappa shape index (κ3) is 5.17. The number of azo groups is 1. The Balaban J connectivity index is 1.69. The molecule has 0 saturated carbocycles. The summed E-state index contributed by atoms with van der Waals surface area (Å²) < 4.78 is 0. The zero-order valence-electron chi connectivity index (χ0n) is 19.4. The van der Waals surface area contributed by atoms with Crippen molar-refractivity contribution in [3.63, 3.8) is 0 Å². The van der Waals surface area contributed by atoms with Gasteiger partial charge in [-0.3, -0.25) is 19.7 Å². The van der Waals surface area contributed by atoms with Crippen LogP contribution in [0.2, 0.25) is 0 Å². The van der Waals surface area contributed by atoms with Crippen molar-refractivity contribution < 1.29 is 19.6 Å². The van der Waals surface area contributed by atoms with E-state index in [1.165, 1.54) is 30.3 Å². The maximum atomic E-state index is 13.0. The lowest BCUT2D eigenvalue weighted by molar-refractivity contribution is -0.384. The molecular weight excluding hydrogens is 462 g/mol. The standard InChI is InChI=1S/C26H21N5O5/c1-15-12-16(2)22-20(13-15)23(26(34)28-22)29-30-25(33)21(27-24(32)18-6-4-3-5-7-18)14-17-8-10-19(11-9-17)31(35)36/h3-14,28,34H,1-2H3,(H,27,32). The number of aryl methyl sites for hydroxylation is 2. The second kappa shape index (κ2) is 10.0. The van der Waals surface area contributed by atoms with Gasteiger partial charge in [0.2, 0.25) is 5.88 Å². The molecule has 10 nitrogen and oxygen atoms in total. The van der Waals surface area contributed by atoms with Crippen molar-refractivity contribution in [2.45, 2.75) is 13.8 Å². The van der Waals surface area contributed by atoms with Crippen LogP contribution in [0.15, 0.2) is 82.7 Å². The second-order valence-electron chi connectivity index (χ2n) is 8.06. The van der Waals surface area contributed by atoms with Gasteiger partial charge >= 0.3 is 5.91 Å². The highest BCUT2D eigenvalue weighted by Crippen LogP contribution is 2.37. The van der Waals surface area contributed by atoms with Gasteiger partial charge in [-0.25, -0.2) is 0 Å². The van der Waals surface area contributed by atoms with Crippen LogP contribution in [0.25, 0.3) is 17.0 Å². The fraction of sp³-hybridized carbons (Fsp3) is 0.0769. The van der Waals surface area contributed by atoms with E-state index in [1.54, 1.807) is 30.3 Å². The van der Waals surface area contributed by atoms with Gasteiger partial charge in [-0.2, -0.15) is 0 Å². The summed E-state index contributed by atoms with van der Waals surface area (Å²) in [4.78, 5) is 39.0. The molecule has 4 rings (SSSR count). The van der Waals surface area contributed by atoms with Crippen LogP contribution in [0, 0.1) is 24.0 Å². The van der Waals surface area contributed by atoms with Crippen molar-refractivity contribution in [2.75, 3.05) is 0 Å². The van der Waals surface area contributed by atoms with E-state index in [4.69, 9.17) is 0 Å². The predicted octanol–water partition coefficient (Wildman–Crippen LogP) is 5.48. The highest BCUT2D eigenvalue weighted by atomic mass is 16.6. The fourth-order valence-corrected chi connectivity index (χ4v) is 3.67. The fourth-order valence-electron chi connectivity index (χ4n) is 3.67. The summed E-state index contributed by atoms with van der Waals surface area (Å²) in [6.45, 7) is 3.77. The van der Waals surface area contributed by atoms with E-state index < -0.39 is 16.7 Å². The highest BCUT2D eigenvalue weighted by molar-refractivity contribution is 6.05. The molecule has 0 aliphatic heterocycles. The Morgan fingerprint density at radius 2 is 1.75 bits per heavy atom. The summed E-state index contributed by atoms with van der Waals surface area (Å²) >= 11 is 0. The summed E-state index contributed by atoms with van der Waals surface area (Å²) in [5.41, 5.74) is 3.01. The maximum absolute atomic E-state index is 13.0. The van der Waals surface area contributed by atoms with Gasteiger partial charge in [0.15, 0.2) is 5.69 Å². The minimum Gasteiger partial charge on any atom is -0.493 e. The molecule has 0 bridgehead atoms. The van der Waals surface area contributed by atoms with Crippen molar-refractivity contribution in [3.05, 3.63) is 105 Å². The van der Waals surface area contributed by atoms with E-state index in [9.17, 15) is 24.8 Å². The maximum Gasteiger partial charge on any atom is 0.311 e. The van der Waals surface area contributed by atoms with E-state index >= 15 is 0 Å². The normalized spacial score (nSPS) is 11.7. The number of aromatic hydroxyl groups is 1. The molecule has 1 heterocycles. The topological polar surface area (TPSA) is 150 Å². The number of nitrogens with one attached hydrogen (secondary N) is 2. The predicted molar refractivity (Wildman–Crippen MR) is 134 cm³/mol. The molecule has 36 heavy (non-hydrogen) atoms. The van der Waals surface area contributed by atoms with E-state index in [0.29, 0.717) is 22.0 Å². The van der Waals surface area contributed by atoms with E-state index in [1.807, 2.05) is 26.0 Å². The molecule has 4 aromatic rings. The first-order valence-corrected chi connectivity index (χ1v) is 10.8. The number of non-ortho nitro benzene ring substituents is 1. The number of nitro groups is 1. The molecule has 0 unspecified atom stereocenters. The van der Waals surface area contributed by atoms with Crippen molar-refractivity contribution in [1.29, 1.82) is 0 Å². The minimum absolute atomic E-state index is 0.0919. The SMILES string of the molecule is Cc1cc(C)c2[nH]c(O)c(N=NC(=O)C(=Cc3ccc([N+](=O)[O-])cc3)NC(=O)c3ccccc3)c2c1. The van der Waals surface area contributed by atoms with Gasteiger partial charge in [-0.05, 0) is 61.4 Å². The van der Waals surface area contributed by atoms with Gasteiger partial charge in [0.05, 0.1) is 10.4 Å². The Morgan fingerprint density at radius 1 is 1.06 bits per heavy atom. The van der Waals surface area contributed by atoms with Gasteiger partial charge in [0.25, 0.3) is 11.6 Å². The second-order valence-corrected chi connectivity index (χ2v) is 8.06. The van der Waals surface area contributed by atoms with Crippen molar-refractivity contribution in [3.8, 4) is 5.88 Å². The molecule has 3 N–H and O–H groups in total. The first-order chi connectivity index (χ1) is 17.2. The molecule has 0 spiro atoms. The molecule has 1 aromatic heterocycles. The zero-order chi connectivity index (χ0) is 25.8. The number of benzene rings is 3. The van der Waals surface area contributed by atoms with Crippen LogP contribution in [0.3, 0.4) is 0 Å². The molecular formula is C26H21N5O5. The van der Waals surface area contributed by atoms with Crippen LogP contribution < -0.4 is 5.32 Å². The first-order valence-electron chi connectivity index (χ1n) is 10.8. The molecule has 2 amide bonds. The quantitative estimate of drug-likeness (QED) is 0.144. The van der Waals surface area contributed by atoms with Crippen molar-refractivity contribution in [1.82, 2.24) is 10.3 Å². The molecule has 180 valence electrons. The lowest BCUT2D eigenvalue weighted by Crippen LogP contribution is -2.26. The molecule has 0 atom stereocenters. The Labute approximate surface area is 205 Å². The molecule has 0 saturated heterocycles. The Hall–Kier alpha value is -5.12. The average molecular weight is 483 g/mol. The van der Waals surface area contributed by atoms with Crippen LogP contribution in [0.4, 0.5) is 11.4 Å². The monoisotopic (exact) mass is 483 g/mol.